The van der Waals surface area contributed by atoms with E-state index in [-0.39, 0.29) is 5.82 Å². The molecule has 58 valence electrons. The lowest BCUT2D eigenvalue weighted by Crippen LogP contribution is -1.91. The van der Waals surface area contributed by atoms with E-state index in [1.807, 2.05) is 14.0 Å². The summed E-state index contributed by atoms with van der Waals surface area (Å²) in [6.45, 7) is 1.87. The molecule has 0 aliphatic heterocycles. The molecule has 0 saturated heterocycles. The van der Waals surface area contributed by atoms with Gasteiger partial charge >= 0.3 is 0 Å². The Bertz CT molecular complexity index is 402. The Kier molecular flexibility index (Phi) is 1.26. The van der Waals surface area contributed by atoms with Gasteiger partial charge in [-0.05, 0) is 6.92 Å². The summed E-state index contributed by atoms with van der Waals surface area (Å²) in [5, 5.41) is 1.48. The van der Waals surface area contributed by atoms with Crippen LogP contribution >= 0.6 is 11.3 Å². The van der Waals surface area contributed by atoms with Crippen molar-refractivity contribution in [3.8, 4) is 0 Å². The van der Waals surface area contributed by atoms with Crippen LogP contribution in [-0.4, -0.2) is 9.55 Å². The molecule has 11 heavy (non-hydrogen) atoms. The van der Waals surface area contributed by atoms with E-state index < -0.39 is 0 Å². The van der Waals surface area contributed by atoms with Crippen molar-refractivity contribution >= 4 is 21.7 Å². The van der Waals surface area contributed by atoms with Crippen LogP contribution in [0.5, 0.6) is 0 Å². The molecule has 0 radical (unpaired) electrons. The number of imidazole rings is 1. The summed E-state index contributed by atoms with van der Waals surface area (Å²) in [7, 11) is 1.82. The third-order valence-electron chi connectivity index (χ3n) is 1.79. The van der Waals surface area contributed by atoms with Crippen LogP contribution in [0.1, 0.15) is 5.82 Å². The number of hydrogen-bond donors (Lipinski definition) is 0. The van der Waals surface area contributed by atoms with Gasteiger partial charge in [0.1, 0.15) is 16.2 Å². The van der Waals surface area contributed by atoms with Gasteiger partial charge in [-0.15, -0.1) is 11.3 Å². The highest BCUT2D eigenvalue weighted by atomic mass is 32.1. The summed E-state index contributed by atoms with van der Waals surface area (Å²) >= 11 is 1.34. The Balaban J connectivity index is 2.95. The summed E-state index contributed by atoms with van der Waals surface area (Å²) in [5.74, 6) is 0.679. The summed E-state index contributed by atoms with van der Waals surface area (Å²) in [4.78, 5) is 4.96. The predicted molar refractivity (Wildman–Crippen MR) is 43.3 cm³/mol. The van der Waals surface area contributed by atoms with Crippen LogP contribution < -0.4 is 0 Å². The summed E-state index contributed by atoms with van der Waals surface area (Å²) in [6, 6.07) is 0. The molecule has 2 nitrogen and oxygen atoms in total. The number of nitrogens with zero attached hydrogens (tertiary/aromatic N) is 2. The van der Waals surface area contributed by atoms with Gasteiger partial charge in [0.05, 0.1) is 0 Å². The first kappa shape index (κ1) is 6.79. The maximum Gasteiger partial charge on any atom is 0.159 e. The smallest absolute Gasteiger partial charge is 0.159 e. The highest BCUT2D eigenvalue weighted by molar-refractivity contribution is 7.16. The summed E-state index contributed by atoms with van der Waals surface area (Å²) in [5.41, 5.74) is 0.618. The van der Waals surface area contributed by atoms with E-state index in [1.54, 1.807) is 4.57 Å². The largest absolute Gasteiger partial charge is 0.328 e. The van der Waals surface area contributed by atoms with E-state index >= 15 is 0 Å². The molecule has 0 amide bonds. The fourth-order valence-electron chi connectivity index (χ4n) is 1.09. The minimum Gasteiger partial charge on any atom is -0.328 e. The van der Waals surface area contributed by atoms with Crippen molar-refractivity contribution in [3.05, 3.63) is 17.0 Å². The standard InChI is InChI=1S/C7H7FN2S/c1-4-9-7-6(10(4)2)5(8)3-11-7/h3H,1-2H3. The van der Waals surface area contributed by atoms with Crippen molar-refractivity contribution in [3.63, 3.8) is 0 Å². The molecule has 0 spiro atoms. The number of fused-ring (bicyclic) bond motifs is 1. The number of aryl methyl sites for hydroxylation is 2. The van der Waals surface area contributed by atoms with Crippen molar-refractivity contribution in [1.82, 2.24) is 9.55 Å². The minimum atomic E-state index is -0.173. The Morgan fingerprint density at radius 2 is 2.36 bits per heavy atom. The SMILES string of the molecule is Cc1nc2scc(F)c2n1C. The highest BCUT2D eigenvalue weighted by Crippen LogP contribution is 2.23. The lowest BCUT2D eigenvalue weighted by Gasteiger charge is -1.92. The van der Waals surface area contributed by atoms with Gasteiger partial charge in [-0.25, -0.2) is 9.37 Å². The summed E-state index contributed by atoms with van der Waals surface area (Å²) < 4.78 is 14.7. The summed E-state index contributed by atoms with van der Waals surface area (Å²) in [6.07, 6.45) is 0. The Hall–Kier alpha value is -0.900. The zero-order valence-corrected chi connectivity index (χ0v) is 7.07. The van der Waals surface area contributed by atoms with Crippen LogP contribution in [0, 0.1) is 12.7 Å². The molecule has 2 aromatic rings. The molecule has 0 fully saturated rings. The number of halogens is 1. The molecule has 0 N–H and O–H groups in total. The average molecular weight is 170 g/mol. The molecular weight excluding hydrogens is 163 g/mol. The first-order valence-electron chi connectivity index (χ1n) is 3.26. The van der Waals surface area contributed by atoms with Gasteiger partial charge in [0.2, 0.25) is 0 Å². The van der Waals surface area contributed by atoms with Gasteiger partial charge in [0.15, 0.2) is 5.82 Å². The van der Waals surface area contributed by atoms with E-state index in [4.69, 9.17) is 0 Å². The Labute approximate surface area is 67.3 Å². The van der Waals surface area contributed by atoms with E-state index in [2.05, 4.69) is 4.98 Å². The lowest BCUT2D eigenvalue weighted by atomic mass is 10.5. The fraction of sp³-hybridized carbons (Fsp3) is 0.286. The molecule has 0 unspecified atom stereocenters. The third-order valence-corrected chi connectivity index (χ3v) is 2.62. The van der Waals surface area contributed by atoms with E-state index in [9.17, 15) is 4.39 Å². The molecule has 0 saturated carbocycles. The predicted octanol–water partition coefficient (Wildman–Crippen LogP) is 2.08. The van der Waals surface area contributed by atoms with Crippen molar-refractivity contribution in [1.29, 1.82) is 0 Å². The normalized spacial score (nSPS) is 11.2. The number of hydrogen-bond acceptors (Lipinski definition) is 2. The van der Waals surface area contributed by atoms with Gasteiger partial charge in [-0.1, -0.05) is 0 Å². The molecule has 2 aromatic heterocycles. The number of aromatic nitrogens is 2. The molecule has 2 heterocycles. The number of rotatable bonds is 0. The molecule has 0 atom stereocenters. The van der Waals surface area contributed by atoms with E-state index in [0.29, 0.717) is 5.52 Å². The molecule has 0 aromatic carbocycles. The third kappa shape index (κ3) is 0.790. The molecular formula is C7H7FN2S. The van der Waals surface area contributed by atoms with Crippen LogP contribution in [0.2, 0.25) is 0 Å². The zero-order valence-electron chi connectivity index (χ0n) is 6.26. The molecule has 2 rings (SSSR count). The minimum absolute atomic E-state index is 0.173. The van der Waals surface area contributed by atoms with Crippen LogP contribution in [0.4, 0.5) is 4.39 Å². The van der Waals surface area contributed by atoms with Crippen molar-refractivity contribution in [2.24, 2.45) is 7.05 Å². The molecule has 4 heteroatoms. The Morgan fingerprint density at radius 3 is 3.00 bits per heavy atom. The van der Waals surface area contributed by atoms with Gasteiger partial charge in [-0.2, -0.15) is 0 Å². The fourth-order valence-corrected chi connectivity index (χ4v) is 1.95. The average Bonchev–Trinajstić information content (AvgIpc) is 2.41. The molecule has 0 aliphatic carbocycles. The van der Waals surface area contributed by atoms with Crippen LogP contribution in [0.3, 0.4) is 0 Å². The van der Waals surface area contributed by atoms with Gasteiger partial charge in [-0.3, -0.25) is 0 Å². The molecule has 0 bridgehead atoms. The van der Waals surface area contributed by atoms with Crippen LogP contribution in [0.15, 0.2) is 5.38 Å². The van der Waals surface area contributed by atoms with Gasteiger partial charge in [0, 0.05) is 12.4 Å². The van der Waals surface area contributed by atoms with E-state index in [0.717, 1.165) is 10.7 Å². The maximum atomic E-state index is 13.0. The Morgan fingerprint density at radius 1 is 1.64 bits per heavy atom. The second-order valence-electron chi connectivity index (χ2n) is 2.46. The highest BCUT2D eigenvalue weighted by Gasteiger charge is 2.10. The van der Waals surface area contributed by atoms with Crippen LogP contribution in [-0.2, 0) is 7.05 Å². The second-order valence-corrected chi connectivity index (χ2v) is 3.31. The maximum absolute atomic E-state index is 13.0. The first-order chi connectivity index (χ1) is 5.20. The quantitative estimate of drug-likeness (QED) is 0.592. The topological polar surface area (TPSA) is 17.8 Å². The van der Waals surface area contributed by atoms with Crippen LogP contribution in [0.25, 0.3) is 10.3 Å². The van der Waals surface area contributed by atoms with Gasteiger partial charge in [0.25, 0.3) is 0 Å². The monoisotopic (exact) mass is 170 g/mol. The number of thiophene rings is 1. The first-order valence-corrected chi connectivity index (χ1v) is 4.14. The zero-order chi connectivity index (χ0) is 8.01. The second kappa shape index (κ2) is 2.04. The van der Waals surface area contributed by atoms with Crippen molar-refractivity contribution < 1.29 is 4.39 Å². The van der Waals surface area contributed by atoms with Crippen molar-refractivity contribution in [2.75, 3.05) is 0 Å². The molecule has 0 aliphatic rings. The van der Waals surface area contributed by atoms with Crippen molar-refractivity contribution in [2.45, 2.75) is 6.92 Å². The van der Waals surface area contributed by atoms with Gasteiger partial charge < -0.3 is 4.57 Å². The van der Waals surface area contributed by atoms with E-state index in [1.165, 1.54) is 16.7 Å². The lowest BCUT2D eigenvalue weighted by molar-refractivity contribution is 0.635.